The Kier molecular flexibility index (Phi) is 9.06. The van der Waals surface area contributed by atoms with Crippen LogP contribution >= 0.6 is 0 Å². The second-order valence-electron chi connectivity index (χ2n) is 15.8. The third-order valence-electron chi connectivity index (χ3n) is 11.9. The Labute approximate surface area is 370 Å². The number of hydrogen-bond donors (Lipinski definition) is 0. The van der Waals surface area contributed by atoms with Crippen molar-refractivity contribution in [2.75, 3.05) is 9.80 Å². The molecule has 0 saturated carbocycles. The second kappa shape index (κ2) is 14.9. The number of benzene rings is 9. The summed E-state index contributed by atoms with van der Waals surface area (Å²) in [5, 5.41) is 25.5. The summed E-state index contributed by atoms with van der Waals surface area (Å²) < 4.78 is 95.6. The van der Waals surface area contributed by atoms with Gasteiger partial charge in [-0.25, -0.2) is 0 Å². The highest BCUT2D eigenvalue weighted by Crippen LogP contribution is 2.49. The number of halogens is 6. The maximum atomic E-state index is 13.7. The maximum Gasteiger partial charge on any atom is 0.416 e. The lowest BCUT2D eigenvalue weighted by Crippen LogP contribution is -2.11. The van der Waals surface area contributed by atoms with E-state index in [0.29, 0.717) is 67.6 Å². The molecule has 12 heteroatoms. The van der Waals surface area contributed by atoms with Gasteiger partial charge in [0.05, 0.1) is 45.8 Å². The number of alkyl halides is 6. The van der Waals surface area contributed by atoms with Crippen LogP contribution in [-0.2, 0) is 12.4 Å². The predicted octanol–water partition coefficient (Wildman–Crippen LogP) is 16.5. The summed E-state index contributed by atoms with van der Waals surface area (Å²) in [5.74, 6) is 0. The number of rotatable bonds is 6. The van der Waals surface area contributed by atoms with Crippen LogP contribution in [0.2, 0.25) is 0 Å². The molecular formula is C54H28F6N4O2. The lowest BCUT2D eigenvalue weighted by Gasteiger charge is -2.27. The van der Waals surface area contributed by atoms with E-state index in [9.17, 15) is 36.9 Å². The third-order valence-corrected chi connectivity index (χ3v) is 11.9. The second-order valence-corrected chi connectivity index (χ2v) is 15.8. The fourth-order valence-electron chi connectivity index (χ4n) is 8.93. The van der Waals surface area contributed by atoms with E-state index in [4.69, 9.17) is 8.83 Å². The van der Waals surface area contributed by atoms with Gasteiger partial charge in [0.25, 0.3) is 0 Å². The van der Waals surface area contributed by atoms with E-state index in [0.717, 1.165) is 67.4 Å². The van der Waals surface area contributed by atoms with Crippen LogP contribution in [0.4, 0.5) is 60.5 Å². The Balaban J connectivity index is 1.12. The molecule has 0 atom stereocenters. The molecule has 2 heterocycles. The molecule has 0 saturated heterocycles. The van der Waals surface area contributed by atoms with Gasteiger partial charge in [-0.3, -0.25) is 0 Å². The van der Waals surface area contributed by atoms with Gasteiger partial charge in [0.15, 0.2) is 0 Å². The standard InChI is InChI=1S/C54H28F6N4O2/c55-53(56,57)33-13-21-37(22-14-33)63(35-17-9-31(29-61)10-18-35)45-26-49-51(41-7-3-1-5-39(41)45)43-25-44-48(28-47(43)65-49)66-50-27-46(40-6-2-4-8-42(40)52(44)50)64(36-19-11-32(30-62)12-20-36)38-23-15-34(16-24-38)54(58,59)60/h1-28H. The summed E-state index contributed by atoms with van der Waals surface area (Å²) >= 11 is 0. The van der Waals surface area contributed by atoms with Crippen molar-refractivity contribution >= 4 is 99.5 Å². The molecule has 9 aromatic carbocycles. The van der Waals surface area contributed by atoms with Crippen molar-refractivity contribution in [3.05, 3.63) is 192 Å². The number of nitrogens with zero attached hydrogens (tertiary/aromatic N) is 4. The summed E-state index contributed by atoms with van der Waals surface area (Å²) in [6.45, 7) is 0. The van der Waals surface area contributed by atoms with Gasteiger partial charge in [-0.1, -0.05) is 48.5 Å². The van der Waals surface area contributed by atoms with Gasteiger partial charge in [-0.2, -0.15) is 36.9 Å². The minimum Gasteiger partial charge on any atom is -0.456 e. The molecule has 0 aliphatic carbocycles. The highest BCUT2D eigenvalue weighted by molar-refractivity contribution is 6.28. The molecule has 0 fully saturated rings. The van der Waals surface area contributed by atoms with Crippen molar-refractivity contribution in [3.63, 3.8) is 0 Å². The van der Waals surface area contributed by atoms with E-state index in [1.165, 1.54) is 24.3 Å². The fraction of sp³-hybridized carbons (Fsp3) is 0.0370. The van der Waals surface area contributed by atoms with Crippen molar-refractivity contribution in [2.45, 2.75) is 12.4 Å². The highest BCUT2D eigenvalue weighted by Gasteiger charge is 2.32. The third kappa shape index (κ3) is 6.58. The van der Waals surface area contributed by atoms with Crippen molar-refractivity contribution in [1.82, 2.24) is 0 Å². The van der Waals surface area contributed by atoms with Crippen LogP contribution < -0.4 is 9.80 Å². The molecule has 0 unspecified atom stereocenters. The average Bonchev–Trinajstić information content (AvgIpc) is 3.88. The van der Waals surface area contributed by atoms with E-state index in [2.05, 4.69) is 12.1 Å². The molecule has 6 nitrogen and oxygen atoms in total. The van der Waals surface area contributed by atoms with Crippen LogP contribution in [-0.4, -0.2) is 0 Å². The van der Waals surface area contributed by atoms with Gasteiger partial charge < -0.3 is 18.6 Å². The lowest BCUT2D eigenvalue weighted by atomic mass is 9.98. The topological polar surface area (TPSA) is 80.3 Å². The van der Waals surface area contributed by atoms with E-state index < -0.39 is 23.5 Å². The van der Waals surface area contributed by atoms with Crippen LogP contribution in [0.3, 0.4) is 0 Å². The van der Waals surface area contributed by atoms with Gasteiger partial charge in [0, 0.05) is 73.3 Å². The number of hydrogen-bond acceptors (Lipinski definition) is 6. The van der Waals surface area contributed by atoms with Gasteiger partial charge in [0.2, 0.25) is 0 Å². The Bertz CT molecular complexity index is 3560. The maximum absolute atomic E-state index is 13.7. The number of anilines is 6. The molecule has 318 valence electrons. The zero-order valence-electron chi connectivity index (χ0n) is 34.0. The first-order valence-electron chi connectivity index (χ1n) is 20.5. The molecule has 2 aromatic heterocycles. The molecule has 0 spiro atoms. The summed E-state index contributed by atoms with van der Waals surface area (Å²) in [6.07, 6.45) is -9.06. The Morgan fingerprint density at radius 2 is 0.697 bits per heavy atom. The minimum absolute atomic E-state index is 0.423. The molecule has 11 rings (SSSR count). The van der Waals surface area contributed by atoms with Crippen molar-refractivity contribution in [3.8, 4) is 12.1 Å². The largest absolute Gasteiger partial charge is 0.456 e. The fourth-order valence-corrected chi connectivity index (χ4v) is 8.93. The van der Waals surface area contributed by atoms with Crippen LogP contribution in [0.1, 0.15) is 22.3 Å². The van der Waals surface area contributed by atoms with Gasteiger partial charge in [0.1, 0.15) is 22.3 Å². The summed E-state index contributed by atoms with van der Waals surface area (Å²) in [6, 6.07) is 50.7. The van der Waals surface area contributed by atoms with E-state index in [1.807, 2.05) is 82.6 Å². The number of nitriles is 2. The molecule has 11 aromatic rings. The Hall–Kier alpha value is -8.74. The first-order chi connectivity index (χ1) is 31.9. The van der Waals surface area contributed by atoms with Gasteiger partial charge >= 0.3 is 12.4 Å². The minimum atomic E-state index is -4.53. The van der Waals surface area contributed by atoms with E-state index in [1.54, 1.807) is 48.5 Å². The zero-order valence-corrected chi connectivity index (χ0v) is 34.0. The van der Waals surface area contributed by atoms with Gasteiger partial charge in [-0.05, 0) is 114 Å². The van der Waals surface area contributed by atoms with E-state index >= 15 is 0 Å². The van der Waals surface area contributed by atoms with Crippen molar-refractivity contribution in [1.29, 1.82) is 10.5 Å². The smallest absolute Gasteiger partial charge is 0.416 e. The average molecular weight is 879 g/mol. The molecule has 66 heavy (non-hydrogen) atoms. The molecule has 0 bridgehead atoms. The molecule has 0 amide bonds. The van der Waals surface area contributed by atoms with Crippen LogP contribution in [0.15, 0.2) is 179 Å². The summed E-state index contributed by atoms with van der Waals surface area (Å²) in [7, 11) is 0. The number of furan rings is 2. The molecule has 0 radical (unpaired) electrons. The number of fused-ring (bicyclic) bond motifs is 10. The van der Waals surface area contributed by atoms with Crippen LogP contribution in [0.5, 0.6) is 0 Å². The SMILES string of the molecule is N#Cc1ccc(N(c2ccc(C(F)(F)F)cc2)c2cc3oc4cc5oc6cc(N(c7ccc(C#N)cc7)c7ccc(C(F)(F)F)cc7)c7ccccc7c6c5cc4c3c3ccccc23)cc1. The molecular weight excluding hydrogens is 851 g/mol. The van der Waals surface area contributed by atoms with Crippen LogP contribution in [0.25, 0.3) is 65.4 Å². The van der Waals surface area contributed by atoms with Crippen molar-refractivity contribution < 1.29 is 35.2 Å². The normalized spacial score (nSPS) is 12.1. The zero-order chi connectivity index (χ0) is 45.5. The predicted molar refractivity (Wildman–Crippen MR) is 245 cm³/mol. The lowest BCUT2D eigenvalue weighted by molar-refractivity contribution is -0.138. The quantitative estimate of drug-likeness (QED) is 0.155. The van der Waals surface area contributed by atoms with Crippen LogP contribution in [0, 0.1) is 22.7 Å². The van der Waals surface area contributed by atoms with E-state index in [-0.39, 0.29) is 0 Å². The van der Waals surface area contributed by atoms with Crippen molar-refractivity contribution in [2.24, 2.45) is 0 Å². The first-order valence-corrected chi connectivity index (χ1v) is 20.5. The monoisotopic (exact) mass is 878 g/mol. The summed E-state index contributed by atoms with van der Waals surface area (Å²) in [5.41, 5.74) is 4.76. The highest BCUT2D eigenvalue weighted by atomic mass is 19.4. The molecule has 0 N–H and O–H groups in total. The summed E-state index contributed by atoms with van der Waals surface area (Å²) in [4.78, 5) is 3.68. The Morgan fingerprint density at radius 1 is 0.364 bits per heavy atom. The Morgan fingerprint density at radius 3 is 1.03 bits per heavy atom. The molecule has 0 aliphatic heterocycles. The van der Waals surface area contributed by atoms with Gasteiger partial charge in [-0.15, -0.1) is 0 Å². The first kappa shape index (κ1) is 40.1. The molecule has 0 aliphatic rings.